The molecule has 5 heteroatoms. The molecule has 19 heavy (non-hydrogen) atoms. The average Bonchev–Trinajstić information content (AvgIpc) is 2.37. The molecule has 1 aromatic carbocycles. The van der Waals surface area contributed by atoms with E-state index >= 15 is 0 Å². The lowest BCUT2D eigenvalue weighted by Crippen LogP contribution is -2.31. The second-order valence-corrected chi connectivity index (χ2v) is 5.04. The smallest absolute Gasteiger partial charge is 0.310 e. The normalized spacial score (nSPS) is 14.2. The van der Waals surface area contributed by atoms with E-state index in [-0.39, 0.29) is 17.6 Å². The summed E-state index contributed by atoms with van der Waals surface area (Å²) in [6, 6.07) is 5.40. The number of hydrogen-bond donors (Lipinski definition) is 1. The van der Waals surface area contributed by atoms with Crippen LogP contribution in [-0.2, 0) is 0 Å². The molecule has 106 valence electrons. The van der Waals surface area contributed by atoms with E-state index in [1.807, 2.05) is 13.1 Å². The Hall–Kier alpha value is -1.62. The first-order valence-corrected chi connectivity index (χ1v) is 6.42. The number of rotatable bonds is 6. The van der Waals surface area contributed by atoms with E-state index in [9.17, 15) is 10.1 Å². The molecule has 0 amide bonds. The van der Waals surface area contributed by atoms with Crippen molar-refractivity contribution in [3.63, 3.8) is 0 Å². The minimum atomic E-state index is -0.422. The zero-order chi connectivity index (χ0) is 14.6. The number of hydrogen-bond acceptors (Lipinski definition) is 4. The molecular formula is C14H22N2O3. The topological polar surface area (TPSA) is 64.4 Å². The summed E-state index contributed by atoms with van der Waals surface area (Å²) >= 11 is 0. The Morgan fingerprint density at radius 1 is 1.32 bits per heavy atom. The molecule has 1 aromatic rings. The number of nitrogens with zero attached hydrogens (tertiary/aromatic N) is 1. The van der Waals surface area contributed by atoms with Crippen LogP contribution in [0.2, 0.25) is 0 Å². The largest absolute Gasteiger partial charge is 0.490 e. The van der Waals surface area contributed by atoms with Crippen molar-refractivity contribution in [2.45, 2.75) is 32.7 Å². The predicted octanol–water partition coefficient (Wildman–Crippen LogP) is 2.95. The van der Waals surface area contributed by atoms with Crippen LogP contribution in [0.1, 0.15) is 32.3 Å². The quantitative estimate of drug-likeness (QED) is 0.635. The molecule has 0 bridgehead atoms. The molecule has 0 aliphatic carbocycles. The van der Waals surface area contributed by atoms with Crippen molar-refractivity contribution in [3.05, 3.63) is 33.9 Å². The maximum atomic E-state index is 10.9. The van der Waals surface area contributed by atoms with Gasteiger partial charge in [-0.2, -0.15) is 0 Å². The summed E-state index contributed by atoms with van der Waals surface area (Å²) in [5, 5.41) is 14.1. The van der Waals surface area contributed by atoms with E-state index in [2.05, 4.69) is 26.1 Å². The average molecular weight is 266 g/mol. The van der Waals surface area contributed by atoms with Gasteiger partial charge in [0.1, 0.15) is 0 Å². The Balaban J connectivity index is 3.22. The van der Waals surface area contributed by atoms with E-state index in [1.54, 1.807) is 6.07 Å². The van der Waals surface area contributed by atoms with Crippen molar-refractivity contribution in [3.8, 4) is 5.75 Å². The summed E-state index contributed by atoms with van der Waals surface area (Å²) in [7, 11) is 3.38. The molecule has 1 rings (SSSR count). The zero-order valence-electron chi connectivity index (χ0n) is 12.1. The number of methoxy groups -OCH3 is 1. The molecule has 0 aliphatic rings. The maximum absolute atomic E-state index is 10.9. The highest BCUT2D eigenvalue weighted by atomic mass is 16.6. The van der Waals surface area contributed by atoms with E-state index in [1.165, 1.54) is 13.2 Å². The van der Waals surface area contributed by atoms with Crippen LogP contribution in [0.3, 0.4) is 0 Å². The molecule has 0 heterocycles. The van der Waals surface area contributed by atoms with Crippen LogP contribution in [0.25, 0.3) is 0 Å². The number of nitrogens with one attached hydrogen (secondary N) is 1. The van der Waals surface area contributed by atoms with Crippen molar-refractivity contribution < 1.29 is 9.66 Å². The van der Waals surface area contributed by atoms with Gasteiger partial charge in [-0.3, -0.25) is 10.1 Å². The van der Waals surface area contributed by atoms with Gasteiger partial charge in [-0.25, -0.2) is 0 Å². The van der Waals surface area contributed by atoms with E-state index in [0.29, 0.717) is 11.7 Å². The van der Waals surface area contributed by atoms with Crippen molar-refractivity contribution in [1.82, 2.24) is 5.32 Å². The van der Waals surface area contributed by atoms with Crippen LogP contribution in [0.4, 0.5) is 5.69 Å². The van der Waals surface area contributed by atoms with Crippen molar-refractivity contribution >= 4 is 5.69 Å². The van der Waals surface area contributed by atoms with Crippen molar-refractivity contribution in [1.29, 1.82) is 0 Å². The summed E-state index contributed by atoms with van der Waals surface area (Å²) in [6.45, 7) is 6.40. The first-order chi connectivity index (χ1) is 8.92. The lowest BCUT2D eigenvalue weighted by molar-refractivity contribution is -0.385. The van der Waals surface area contributed by atoms with Crippen LogP contribution in [0.15, 0.2) is 18.2 Å². The van der Waals surface area contributed by atoms with Gasteiger partial charge in [-0.05, 0) is 31.5 Å². The Morgan fingerprint density at radius 2 is 1.95 bits per heavy atom. The fourth-order valence-corrected chi connectivity index (χ4v) is 2.48. The molecule has 0 spiro atoms. The highest BCUT2D eigenvalue weighted by molar-refractivity contribution is 5.49. The minimum Gasteiger partial charge on any atom is -0.490 e. The maximum Gasteiger partial charge on any atom is 0.310 e. The van der Waals surface area contributed by atoms with Crippen LogP contribution in [0.5, 0.6) is 5.75 Å². The van der Waals surface area contributed by atoms with Gasteiger partial charge in [0.2, 0.25) is 0 Å². The molecule has 0 saturated heterocycles. The Labute approximate surface area is 114 Å². The van der Waals surface area contributed by atoms with Crippen LogP contribution < -0.4 is 10.1 Å². The number of ether oxygens (including phenoxy) is 1. The van der Waals surface area contributed by atoms with Crippen molar-refractivity contribution in [2.75, 3.05) is 14.2 Å². The van der Waals surface area contributed by atoms with E-state index < -0.39 is 4.92 Å². The van der Waals surface area contributed by atoms with Gasteiger partial charge in [-0.15, -0.1) is 0 Å². The Morgan fingerprint density at radius 3 is 2.37 bits per heavy atom. The third kappa shape index (κ3) is 3.44. The third-order valence-electron chi connectivity index (χ3n) is 3.50. The van der Waals surface area contributed by atoms with Crippen LogP contribution >= 0.6 is 0 Å². The summed E-state index contributed by atoms with van der Waals surface area (Å²) in [6.07, 6.45) is 0. The van der Waals surface area contributed by atoms with Crippen LogP contribution in [-0.4, -0.2) is 25.1 Å². The first-order valence-electron chi connectivity index (χ1n) is 6.42. The Kier molecular flexibility index (Phi) is 5.30. The van der Waals surface area contributed by atoms with Crippen LogP contribution in [0, 0.1) is 16.0 Å². The third-order valence-corrected chi connectivity index (χ3v) is 3.50. The van der Waals surface area contributed by atoms with Gasteiger partial charge in [0.05, 0.1) is 12.0 Å². The summed E-state index contributed by atoms with van der Waals surface area (Å²) < 4.78 is 5.13. The molecule has 2 unspecified atom stereocenters. The molecule has 0 aromatic heterocycles. The van der Waals surface area contributed by atoms with Gasteiger partial charge in [0.15, 0.2) is 5.75 Å². The molecular weight excluding hydrogens is 244 g/mol. The van der Waals surface area contributed by atoms with Gasteiger partial charge >= 0.3 is 5.69 Å². The molecule has 0 saturated carbocycles. The molecule has 0 aliphatic heterocycles. The summed E-state index contributed by atoms with van der Waals surface area (Å²) in [5.41, 5.74) is 1.06. The summed E-state index contributed by atoms with van der Waals surface area (Å²) in [5.74, 6) is 1.02. The van der Waals surface area contributed by atoms with Crippen molar-refractivity contribution in [2.24, 2.45) is 5.92 Å². The highest BCUT2D eigenvalue weighted by Gasteiger charge is 2.24. The van der Waals surface area contributed by atoms with E-state index in [4.69, 9.17) is 4.74 Å². The minimum absolute atomic E-state index is 0.00543. The lowest BCUT2D eigenvalue weighted by atomic mass is 9.83. The second-order valence-electron chi connectivity index (χ2n) is 5.04. The zero-order valence-corrected chi connectivity index (χ0v) is 12.1. The SMILES string of the molecule is CNC(C)C(c1ccc([N+](=O)[O-])c(OC)c1)C(C)C. The van der Waals surface area contributed by atoms with Gasteiger partial charge in [0, 0.05) is 18.0 Å². The monoisotopic (exact) mass is 266 g/mol. The highest BCUT2D eigenvalue weighted by Crippen LogP contribution is 2.34. The summed E-state index contributed by atoms with van der Waals surface area (Å²) in [4.78, 5) is 10.5. The number of nitro groups is 1. The molecule has 0 fully saturated rings. The fourth-order valence-electron chi connectivity index (χ4n) is 2.48. The lowest BCUT2D eigenvalue weighted by Gasteiger charge is -2.28. The van der Waals surface area contributed by atoms with Gasteiger partial charge in [0.25, 0.3) is 0 Å². The standard InChI is InChI=1S/C14H22N2O3/c1-9(2)14(10(3)15-4)11-6-7-12(16(17)18)13(8-11)19-5/h6-10,14-15H,1-5H3. The second kappa shape index (κ2) is 6.52. The first kappa shape index (κ1) is 15.4. The fraction of sp³-hybridized carbons (Fsp3) is 0.571. The number of benzene rings is 1. The molecule has 5 nitrogen and oxygen atoms in total. The predicted molar refractivity (Wildman–Crippen MR) is 75.7 cm³/mol. The van der Waals surface area contributed by atoms with Gasteiger partial charge in [-0.1, -0.05) is 19.9 Å². The molecule has 0 radical (unpaired) electrons. The van der Waals surface area contributed by atoms with E-state index in [0.717, 1.165) is 5.56 Å². The molecule has 1 N–H and O–H groups in total. The molecule has 2 atom stereocenters. The number of nitro benzene ring substituents is 1. The number of likely N-dealkylation sites (N-methyl/N-ethyl adjacent to an activating group) is 1. The van der Waals surface area contributed by atoms with Gasteiger partial charge < -0.3 is 10.1 Å². The Bertz CT molecular complexity index is 446.